The lowest BCUT2D eigenvalue weighted by atomic mass is 10.1. The van der Waals surface area contributed by atoms with Crippen LogP contribution < -0.4 is 5.73 Å². The number of nitrogens with zero attached hydrogens (tertiary/aromatic N) is 2. The maximum absolute atomic E-state index is 5.77. The first-order valence-electron chi connectivity index (χ1n) is 5.48. The smallest absolute Gasteiger partial charge is 0.293 e. The molecule has 2 N–H and O–H groups in total. The van der Waals surface area contributed by atoms with Crippen LogP contribution in [0.4, 0.5) is 5.69 Å². The van der Waals surface area contributed by atoms with Gasteiger partial charge in [0.2, 0.25) is 5.82 Å². The van der Waals surface area contributed by atoms with Crippen LogP contribution >= 0.6 is 0 Å². The minimum absolute atomic E-state index is 0.365. The Balaban J connectivity index is 2.00. The van der Waals surface area contributed by atoms with Crippen molar-refractivity contribution in [1.29, 1.82) is 0 Å². The molecule has 3 aromatic rings. The average molecular weight is 241 g/mol. The van der Waals surface area contributed by atoms with E-state index in [0.717, 1.165) is 16.8 Å². The summed E-state index contributed by atoms with van der Waals surface area (Å²) in [5, 5.41) is 3.93. The maximum Gasteiger partial charge on any atom is 0.293 e. The Morgan fingerprint density at radius 1 is 1.22 bits per heavy atom. The molecule has 0 aliphatic rings. The fraction of sp³-hybridized carbons (Fsp3) is 0.0769. The molecule has 5 heteroatoms. The summed E-state index contributed by atoms with van der Waals surface area (Å²) in [6.07, 6.45) is 1.56. The van der Waals surface area contributed by atoms with Gasteiger partial charge in [-0.25, -0.2) is 0 Å². The van der Waals surface area contributed by atoms with Crippen molar-refractivity contribution >= 4 is 5.69 Å². The van der Waals surface area contributed by atoms with Crippen molar-refractivity contribution in [2.45, 2.75) is 6.92 Å². The Labute approximate surface area is 103 Å². The summed E-state index contributed by atoms with van der Waals surface area (Å²) in [7, 11) is 0. The molecular weight excluding hydrogens is 230 g/mol. The molecule has 0 bridgehead atoms. The van der Waals surface area contributed by atoms with E-state index in [1.165, 1.54) is 0 Å². The second-order valence-corrected chi connectivity index (χ2v) is 3.97. The molecule has 0 saturated carbocycles. The summed E-state index contributed by atoms with van der Waals surface area (Å²) < 4.78 is 10.3. The number of hydrogen-bond acceptors (Lipinski definition) is 5. The summed E-state index contributed by atoms with van der Waals surface area (Å²) in [5.41, 5.74) is 8.36. The number of hydrogen-bond donors (Lipinski definition) is 1. The highest BCUT2D eigenvalue weighted by atomic mass is 16.5. The van der Waals surface area contributed by atoms with Gasteiger partial charge in [-0.1, -0.05) is 5.16 Å². The molecule has 18 heavy (non-hydrogen) atoms. The van der Waals surface area contributed by atoms with Crippen LogP contribution in [0.15, 0.2) is 45.5 Å². The van der Waals surface area contributed by atoms with E-state index in [-0.39, 0.29) is 0 Å². The highest BCUT2D eigenvalue weighted by Crippen LogP contribution is 2.24. The van der Waals surface area contributed by atoms with Crippen LogP contribution in [0.3, 0.4) is 0 Å². The van der Waals surface area contributed by atoms with Gasteiger partial charge in [-0.3, -0.25) is 0 Å². The maximum atomic E-state index is 5.77. The monoisotopic (exact) mass is 241 g/mol. The Kier molecular flexibility index (Phi) is 2.37. The van der Waals surface area contributed by atoms with E-state index in [2.05, 4.69) is 10.1 Å². The first-order chi connectivity index (χ1) is 8.74. The number of furan rings is 1. The topological polar surface area (TPSA) is 78.1 Å². The lowest BCUT2D eigenvalue weighted by Crippen LogP contribution is -1.90. The Morgan fingerprint density at radius 2 is 2.11 bits per heavy atom. The molecule has 3 rings (SSSR count). The van der Waals surface area contributed by atoms with Crippen LogP contribution in [-0.4, -0.2) is 10.1 Å². The standard InChI is InChI=1S/C13H11N3O2/c1-8-7-9(4-5-10(8)14)12-15-13(18-16-12)11-3-2-6-17-11/h2-7H,14H2,1H3. The zero-order valence-corrected chi connectivity index (χ0v) is 9.75. The molecule has 0 atom stereocenters. The lowest BCUT2D eigenvalue weighted by molar-refractivity contribution is 0.417. The molecule has 0 radical (unpaired) electrons. The molecule has 0 fully saturated rings. The third kappa shape index (κ3) is 1.75. The lowest BCUT2D eigenvalue weighted by Gasteiger charge is -2.00. The summed E-state index contributed by atoms with van der Waals surface area (Å²) in [4.78, 5) is 4.28. The zero-order chi connectivity index (χ0) is 12.5. The van der Waals surface area contributed by atoms with Crippen LogP contribution in [0, 0.1) is 6.92 Å². The van der Waals surface area contributed by atoms with E-state index in [1.54, 1.807) is 18.4 Å². The van der Waals surface area contributed by atoms with Crippen molar-refractivity contribution in [1.82, 2.24) is 10.1 Å². The fourth-order valence-corrected chi connectivity index (χ4v) is 1.66. The van der Waals surface area contributed by atoms with Crippen molar-refractivity contribution in [3.05, 3.63) is 42.2 Å². The van der Waals surface area contributed by atoms with Crippen LogP contribution in [0.1, 0.15) is 5.56 Å². The largest absolute Gasteiger partial charge is 0.459 e. The summed E-state index contributed by atoms with van der Waals surface area (Å²) in [6, 6.07) is 9.15. The summed E-state index contributed by atoms with van der Waals surface area (Å²) in [6.45, 7) is 1.94. The highest BCUT2D eigenvalue weighted by molar-refractivity contribution is 5.62. The molecule has 0 saturated heterocycles. The normalized spacial score (nSPS) is 10.7. The van der Waals surface area contributed by atoms with Crippen LogP contribution in [-0.2, 0) is 0 Å². The molecular formula is C13H11N3O2. The number of rotatable bonds is 2. The van der Waals surface area contributed by atoms with Gasteiger partial charge in [0, 0.05) is 11.3 Å². The molecule has 0 spiro atoms. The van der Waals surface area contributed by atoms with E-state index >= 15 is 0 Å². The zero-order valence-electron chi connectivity index (χ0n) is 9.75. The van der Waals surface area contributed by atoms with E-state index in [9.17, 15) is 0 Å². The Morgan fingerprint density at radius 3 is 2.83 bits per heavy atom. The fourth-order valence-electron chi connectivity index (χ4n) is 1.66. The summed E-state index contributed by atoms with van der Waals surface area (Å²) >= 11 is 0. The minimum atomic E-state index is 0.365. The van der Waals surface area contributed by atoms with E-state index in [0.29, 0.717) is 17.5 Å². The quantitative estimate of drug-likeness (QED) is 0.698. The molecule has 0 aliphatic heterocycles. The van der Waals surface area contributed by atoms with Crippen LogP contribution in [0.2, 0.25) is 0 Å². The van der Waals surface area contributed by atoms with Crippen LogP contribution in [0.25, 0.3) is 23.0 Å². The predicted octanol–water partition coefficient (Wildman–Crippen LogP) is 2.89. The van der Waals surface area contributed by atoms with E-state index in [1.807, 2.05) is 25.1 Å². The van der Waals surface area contributed by atoms with Gasteiger partial charge in [0.25, 0.3) is 5.89 Å². The second kappa shape index (κ2) is 4.03. The molecule has 2 aromatic heterocycles. The number of nitrogen functional groups attached to an aromatic ring is 1. The number of nitrogens with two attached hydrogens (primary N) is 1. The number of benzene rings is 1. The summed E-state index contributed by atoms with van der Waals surface area (Å²) in [5.74, 6) is 1.44. The Hall–Kier alpha value is -2.56. The van der Waals surface area contributed by atoms with Crippen molar-refractivity contribution < 1.29 is 8.94 Å². The van der Waals surface area contributed by atoms with Crippen LogP contribution in [0.5, 0.6) is 0 Å². The first kappa shape index (κ1) is 10.6. The number of aryl methyl sites for hydroxylation is 1. The molecule has 0 aliphatic carbocycles. The van der Waals surface area contributed by atoms with E-state index in [4.69, 9.17) is 14.7 Å². The van der Waals surface area contributed by atoms with Gasteiger partial charge in [-0.05, 0) is 42.8 Å². The third-order valence-corrected chi connectivity index (χ3v) is 2.69. The predicted molar refractivity (Wildman–Crippen MR) is 66.6 cm³/mol. The molecule has 0 amide bonds. The molecule has 90 valence electrons. The first-order valence-corrected chi connectivity index (χ1v) is 5.48. The molecule has 1 aromatic carbocycles. The van der Waals surface area contributed by atoms with Gasteiger partial charge >= 0.3 is 0 Å². The van der Waals surface area contributed by atoms with Gasteiger partial charge < -0.3 is 14.7 Å². The average Bonchev–Trinajstić information content (AvgIpc) is 3.01. The number of anilines is 1. The van der Waals surface area contributed by atoms with Gasteiger partial charge in [-0.15, -0.1) is 0 Å². The van der Waals surface area contributed by atoms with Crippen molar-refractivity contribution in [3.8, 4) is 23.0 Å². The van der Waals surface area contributed by atoms with Crippen molar-refractivity contribution in [2.24, 2.45) is 0 Å². The third-order valence-electron chi connectivity index (χ3n) is 2.69. The van der Waals surface area contributed by atoms with E-state index < -0.39 is 0 Å². The van der Waals surface area contributed by atoms with Gasteiger partial charge in [0.15, 0.2) is 5.76 Å². The van der Waals surface area contributed by atoms with Gasteiger partial charge in [0.05, 0.1) is 6.26 Å². The van der Waals surface area contributed by atoms with Gasteiger partial charge in [-0.2, -0.15) is 4.98 Å². The van der Waals surface area contributed by atoms with Crippen molar-refractivity contribution in [3.63, 3.8) is 0 Å². The SMILES string of the molecule is Cc1cc(-c2noc(-c3ccco3)n2)ccc1N. The number of aromatic nitrogens is 2. The minimum Gasteiger partial charge on any atom is -0.459 e. The Bertz CT molecular complexity index is 671. The molecule has 5 nitrogen and oxygen atoms in total. The van der Waals surface area contributed by atoms with Crippen molar-refractivity contribution in [2.75, 3.05) is 5.73 Å². The second-order valence-electron chi connectivity index (χ2n) is 3.97. The molecule has 0 unspecified atom stereocenters. The molecule has 2 heterocycles. The van der Waals surface area contributed by atoms with Gasteiger partial charge in [0.1, 0.15) is 0 Å². The highest BCUT2D eigenvalue weighted by Gasteiger charge is 2.12.